The van der Waals surface area contributed by atoms with Crippen LogP contribution in [0.15, 0.2) is 108 Å². The normalized spacial score (nSPS) is 11.0. The van der Waals surface area contributed by atoms with Crippen molar-refractivity contribution in [1.82, 2.24) is 0 Å². The van der Waals surface area contributed by atoms with Crippen LogP contribution in [0.2, 0.25) is 0 Å². The average Bonchev–Trinajstić information content (AvgIpc) is 3.35. The molecule has 188 valence electrons. The Bertz CT molecular complexity index is 1630. The van der Waals surface area contributed by atoms with Crippen molar-refractivity contribution in [3.05, 3.63) is 120 Å². The molecule has 0 aliphatic carbocycles. The van der Waals surface area contributed by atoms with Gasteiger partial charge in [-0.2, -0.15) is 0 Å². The Morgan fingerprint density at radius 3 is 2.21 bits per heavy atom. The Labute approximate surface area is 219 Å². The van der Waals surface area contributed by atoms with Crippen molar-refractivity contribution < 1.29 is 28.2 Å². The van der Waals surface area contributed by atoms with Gasteiger partial charge in [0, 0.05) is 16.5 Å². The van der Waals surface area contributed by atoms with Crippen molar-refractivity contribution in [3.63, 3.8) is 0 Å². The Morgan fingerprint density at radius 1 is 0.737 bits per heavy atom. The molecule has 6 heteroatoms. The molecule has 6 nitrogen and oxygen atoms in total. The maximum Gasteiger partial charge on any atom is 0.348 e. The van der Waals surface area contributed by atoms with Crippen LogP contribution in [0.5, 0.6) is 17.2 Å². The number of hydrogen-bond acceptors (Lipinski definition) is 6. The summed E-state index contributed by atoms with van der Waals surface area (Å²) in [5.74, 6) is 1.32. The van der Waals surface area contributed by atoms with Crippen LogP contribution in [0, 0.1) is 0 Å². The van der Waals surface area contributed by atoms with Crippen LogP contribution < -0.4 is 14.2 Å². The van der Waals surface area contributed by atoms with Gasteiger partial charge in [0.2, 0.25) is 0 Å². The maximum absolute atomic E-state index is 13.5. The summed E-state index contributed by atoms with van der Waals surface area (Å²) in [6.45, 7) is 0. The topological polar surface area (TPSA) is 75.0 Å². The molecule has 1 aromatic heterocycles. The van der Waals surface area contributed by atoms with Gasteiger partial charge in [0.05, 0.1) is 14.2 Å². The molecule has 0 aliphatic heterocycles. The summed E-state index contributed by atoms with van der Waals surface area (Å²) in [6.07, 6.45) is 3.16. The number of hydrogen-bond donors (Lipinski definition) is 0. The van der Waals surface area contributed by atoms with Gasteiger partial charge in [-0.25, -0.2) is 4.79 Å². The summed E-state index contributed by atoms with van der Waals surface area (Å²) in [4.78, 5) is 26.0. The van der Waals surface area contributed by atoms with E-state index in [1.54, 1.807) is 81.0 Å². The van der Waals surface area contributed by atoms with Gasteiger partial charge in [-0.1, -0.05) is 48.5 Å². The van der Waals surface area contributed by atoms with Crippen LogP contribution in [-0.2, 0) is 0 Å². The fraction of sp³-hybridized carbons (Fsp3) is 0.0625. The number of esters is 1. The SMILES string of the molecule is COc1ccc(C(=O)C=Cc2cccc(OC(=O)c3c(-c4ccccc4)oc4ccc(OC)cc34)c2)cc1. The summed E-state index contributed by atoms with van der Waals surface area (Å²) >= 11 is 0. The molecule has 0 amide bonds. The molecular formula is C32H24O6. The predicted octanol–water partition coefficient (Wildman–Crippen LogP) is 7.23. The lowest BCUT2D eigenvalue weighted by molar-refractivity contribution is 0.0736. The van der Waals surface area contributed by atoms with Crippen molar-refractivity contribution >= 4 is 28.8 Å². The molecule has 5 aromatic rings. The van der Waals surface area contributed by atoms with Gasteiger partial charge < -0.3 is 18.6 Å². The van der Waals surface area contributed by atoms with E-state index in [0.717, 1.165) is 5.56 Å². The number of benzene rings is 4. The highest BCUT2D eigenvalue weighted by Crippen LogP contribution is 2.36. The van der Waals surface area contributed by atoms with Crippen LogP contribution in [0.1, 0.15) is 26.3 Å². The molecule has 1 heterocycles. The number of ether oxygens (including phenoxy) is 3. The number of carbonyl (C=O) groups is 2. The third-order valence-electron chi connectivity index (χ3n) is 6.01. The van der Waals surface area contributed by atoms with Gasteiger partial charge in [-0.05, 0) is 66.2 Å². The molecule has 0 fully saturated rings. The summed E-state index contributed by atoms with van der Waals surface area (Å²) in [6, 6.07) is 28.5. The number of carbonyl (C=O) groups excluding carboxylic acids is 2. The molecule has 0 radical (unpaired) electrons. The molecule has 38 heavy (non-hydrogen) atoms. The molecule has 0 N–H and O–H groups in total. The average molecular weight is 505 g/mol. The molecule has 0 saturated heterocycles. The van der Waals surface area contributed by atoms with E-state index in [1.165, 1.54) is 6.08 Å². The van der Waals surface area contributed by atoms with Crippen molar-refractivity contribution in [2.45, 2.75) is 0 Å². The first-order valence-corrected chi connectivity index (χ1v) is 11.9. The molecule has 0 atom stereocenters. The van der Waals surface area contributed by atoms with E-state index in [4.69, 9.17) is 18.6 Å². The van der Waals surface area contributed by atoms with Gasteiger partial charge in [0.15, 0.2) is 5.78 Å². The third kappa shape index (κ3) is 5.20. The fourth-order valence-corrected chi connectivity index (χ4v) is 4.06. The van der Waals surface area contributed by atoms with Crippen LogP contribution >= 0.6 is 0 Å². The largest absolute Gasteiger partial charge is 0.497 e. The highest BCUT2D eigenvalue weighted by molar-refractivity contribution is 6.10. The lowest BCUT2D eigenvalue weighted by Gasteiger charge is -2.07. The summed E-state index contributed by atoms with van der Waals surface area (Å²) in [5.41, 5.74) is 2.86. The Hall–Kier alpha value is -5.10. The zero-order chi connectivity index (χ0) is 26.5. The minimum Gasteiger partial charge on any atom is -0.497 e. The molecule has 0 bridgehead atoms. The van der Waals surface area contributed by atoms with E-state index in [-0.39, 0.29) is 5.78 Å². The summed E-state index contributed by atoms with van der Waals surface area (Å²) < 4.78 is 22.4. The van der Waals surface area contributed by atoms with E-state index < -0.39 is 5.97 Å². The first kappa shape index (κ1) is 24.6. The number of furan rings is 1. The quantitative estimate of drug-likeness (QED) is 0.0960. The number of methoxy groups -OCH3 is 2. The molecule has 5 rings (SSSR count). The Balaban J connectivity index is 1.42. The molecular weight excluding hydrogens is 480 g/mol. The molecule has 4 aromatic carbocycles. The third-order valence-corrected chi connectivity index (χ3v) is 6.01. The second kappa shape index (κ2) is 10.9. The summed E-state index contributed by atoms with van der Waals surface area (Å²) in [5, 5.41) is 0.592. The van der Waals surface area contributed by atoms with Crippen LogP contribution in [-0.4, -0.2) is 26.0 Å². The Morgan fingerprint density at radius 2 is 1.47 bits per heavy atom. The zero-order valence-corrected chi connectivity index (χ0v) is 20.8. The van der Waals surface area contributed by atoms with E-state index >= 15 is 0 Å². The highest BCUT2D eigenvalue weighted by atomic mass is 16.5. The van der Waals surface area contributed by atoms with E-state index in [2.05, 4.69) is 0 Å². The van der Waals surface area contributed by atoms with Crippen LogP contribution in [0.25, 0.3) is 28.4 Å². The van der Waals surface area contributed by atoms with Crippen LogP contribution in [0.4, 0.5) is 0 Å². The molecule has 0 aliphatic rings. The number of allylic oxidation sites excluding steroid dienone is 1. The van der Waals surface area contributed by atoms with Gasteiger partial charge in [0.25, 0.3) is 0 Å². The highest BCUT2D eigenvalue weighted by Gasteiger charge is 2.24. The fourth-order valence-electron chi connectivity index (χ4n) is 4.06. The van der Waals surface area contributed by atoms with E-state index in [0.29, 0.717) is 50.7 Å². The first-order chi connectivity index (χ1) is 18.6. The minimum atomic E-state index is -0.564. The minimum absolute atomic E-state index is 0.152. The maximum atomic E-state index is 13.5. The van der Waals surface area contributed by atoms with Gasteiger partial charge >= 0.3 is 5.97 Å². The number of rotatable bonds is 8. The van der Waals surface area contributed by atoms with Crippen LogP contribution in [0.3, 0.4) is 0 Å². The second-order valence-corrected chi connectivity index (χ2v) is 8.42. The van der Waals surface area contributed by atoms with Crippen molar-refractivity contribution in [3.8, 4) is 28.6 Å². The predicted molar refractivity (Wildman–Crippen MR) is 146 cm³/mol. The summed E-state index contributed by atoms with van der Waals surface area (Å²) in [7, 11) is 3.14. The monoisotopic (exact) mass is 504 g/mol. The molecule has 0 spiro atoms. The van der Waals surface area contributed by atoms with Gasteiger partial charge in [-0.3, -0.25) is 4.79 Å². The van der Waals surface area contributed by atoms with E-state index in [9.17, 15) is 9.59 Å². The second-order valence-electron chi connectivity index (χ2n) is 8.42. The van der Waals surface area contributed by atoms with Crippen molar-refractivity contribution in [2.75, 3.05) is 14.2 Å². The van der Waals surface area contributed by atoms with Gasteiger partial charge in [0.1, 0.15) is 34.2 Å². The first-order valence-electron chi connectivity index (χ1n) is 11.9. The smallest absolute Gasteiger partial charge is 0.348 e. The van der Waals surface area contributed by atoms with Crippen molar-refractivity contribution in [2.24, 2.45) is 0 Å². The number of ketones is 1. The standard InChI is InChI=1S/C32H24O6/c1-35-24-14-12-22(13-15-24)28(33)17-11-21-7-6-10-26(19-21)37-32(34)30-27-20-25(36-2)16-18-29(27)38-31(30)23-8-4-3-5-9-23/h3-20H,1-2H3. The number of fused-ring (bicyclic) bond motifs is 1. The van der Waals surface area contributed by atoms with Gasteiger partial charge in [-0.15, -0.1) is 0 Å². The van der Waals surface area contributed by atoms with Crippen molar-refractivity contribution in [1.29, 1.82) is 0 Å². The molecule has 0 unspecified atom stereocenters. The lowest BCUT2D eigenvalue weighted by Crippen LogP contribution is -2.09. The Kier molecular flexibility index (Phi) is 7.04. The molecule has 0 saturated carbocycles. The van der Waals surface area contributed by atoms with E-state index in [1.807, 2.05) is 36.4 Å². The lowest BCUT2D eigenvalue weighted by atomic mass is 10.1. The zero-order valence-electron chi connectivity index (χ0n) is 20.8.